The van der Waals surface area contributed by atoms with Crippen molar-refractivity contribution in [1.82, 2.24) is 4.90 Å². The van der Waals surface area contributed by atoms with Gasteiger partial charge in [-0.2, -0.15) is 5.26 Å². The van der Waals surface area contributed by atoms with E-state index < -0.39 is 0 Å². The van der Waals surface area contributed by atoms with Crippen LogP contribution in [0.4, 0.5) is 0 Å². The summed E-state index contributed by atoms with van der Waals surface area (Å²) in [6, 6.07) is 11.1. The molecule has 0 saturated carbocycles. The molecule has 0 fully saturated rings. The van der Waals surface area contributed by atoms with Crippen LogP contribution in [0, 0.1) is 11.3 Å². The van der Waals surface area contributed by atoms with Gasteiger partial charge in [0.05, 0.1) is 6.07 Å². The lowest BCUT2D eigenvalue weighted by molar-refractivity contribution is 0.136. The molecular formula is C15H20N2. The number of benzene rings is 1. The molecule has 1 atom stereocenters. The first-order valence-corrected chi connectivity index (χ1v) is 6.49. The van der Waals surface area contributed by atoms with E-state index in [4.69, 9.17) is 0 Å². The molecule has 1 aliphatic carbocycles. The van der Waals surface area contributed by atoms with Gasteiger partial charge in [0.15, 0.2) is 0 Å². The van der Waals surface area contributed by atoms with E-state index in [0.717, 1.165) is 32.4 Å². The summed E-state index contributed by atoms with van der Waals surface area (Å²) >= 11 is 0. The Kier molecular flexibility index (Phi) is 3.49. The van der Waals surface area contributed by atoms with Crippen LogP contribution in [0.5, 0.6) is 0 Å². The van der Waals surface area contributed by atoms with E-state index >= 15 is 0 Å². The summed E-state index contributed by atoms with van der Waals surface area (Å²) in [7, 11) is 0. The van der Waals surface area contributed by atoms with Gasteiger partial charge >= 0.3 is 0 Å². The summed E-state index contributed by atoms with van der Waals surface area (Å²) in [6.07, 6.45) is 2.86. The van der Waals surface area contributed by atoms with E-state index in [1.54, 1.807) is 0 Å². The van der Waals surface area contributed by atoms with Crippen LogP contribution in [0.15, 0.2) is 24.3 Å². The molecule has 17 heavy (non-hydrogen) atoms. The van der Waals surface area contributed by atoms with Gasteiger partial charge in [-0.05, 0) is 37.1 Å². The van der Waals surface area contributed by atoms with Gasteiger partial charge in [0, 0.05) is 6.42 Å². The van der Waals surface area contributed by atoms with E-state index in [0.29, 0.717) is 0 Å². The Hall–Kier alpha value is -1.33. The Morgan fingerprint density at radius 2 is 1.88 bits per heavy atom. The summed E-state index contributed by atoms with van der Waals surface area (Å²) < 4.78 is 0. The van der Waals surface area contributed by atoms with E-state index in [1.807, 2.05) is 0 Å². The van der Waals surface area contributed by atoms with Gasteiger partial charge in [-0.3, -0.25) is 4.90 Å². The summed E-state index contributed by atoms with van der Waals surface area (Å²) in [4.78, 5) is 2.31. The van der Waals surface area contributed by atoms with E-state index in [9.17, 15) is 5.26 Å². The SMILES string of the molecule is CCN(CC)C1(C#N)CCc2ccccc2C1. The Bertz CT molecular complexity index is 429. The standard InChI is InChI=1S/C15H20N2/c1-3-17(4-2)15(12-16)10-9-13-7-5-6-8-14(13)11-15/h5-8H,3-4,9-11H2,1-2H3. The Morgan fingerprint density at radius 3 is 2.47 bits per heavy atom. The molecule has 2 nitrogen and oxygen atoms in total. The Morgan fingerprint density at radius 1 is 1.24 bits per heavy atom. The molecule has 90 valence electrons. The lowest BCUT2D eigenvalue weighted by Crippen LogP contribution is -2.51. The molecule has 1 aliphatic rings. The highest BCUT2D eigenvalue weighted by Crippen LogP contribution is 2.32. The van der Waals surface area contributed by atoms with Gasteiger partial charge in [-0.25, -0.2) is 0 Å². The van der Waals surface area contributed by atoms with Crippen LogP contribution in [0.1, 0.15) is 31.4 Å². The zero-order valence-electron chi connectivity index (χ0n) is 10.7. The molecule has 0 aromatic heterocycles. The molecule has 0 N–H and O–H groups in total. The highest BCUT2D eigenvalue weighted by molar-refractivity contribution is 5.35. The van der Waals surface area contributed by atoms with Crippen molar-refractivity contribution < 1.29 is 0 Å². The number of rotatable bonds is 3. The highest BCUT2D eigenvalue weighted by atomic mass is 15.2. The van der Waals surface area contributed by atoms with Gasteiger partial charge < -0.3 is 0 Å². The number of nitrogens with zero attached hydrogens (tertiary/aromatic N) is 2. The number of nitriles is 1. The molecule has 0 bridgehead atoms. The zero-order chi connectivity index (χ0) is 12.3. The molecule has 0 radical (unpaired) electrons. The van der Waals surface area contributed by atoms with Crippen LogP contribution >= 0.6 is 0 Å². The van der Waals surface area contributed by atoms with Crippen molar-refractivity contribution >= 4 is 0 Å². The first-order valence-electron chi connectivity index (χ1n) is 6.49. The van der Waals surface area contributed by atoms with Gasteiger partial charge in [-0.15, -0.1) is 0 Å². The maximum atomic E-state index is 9.61. The number of likely N-dealkylation sites (N-methyl/N-ethyl adjacent to an activating group) is 1. The first-order chi connectivity index (χ1) is 8.25. The minimum atomic E-state index is -0.280. The van der Waals surface area contributed by atoms with Crippen molar-refractivity contribution in [2.75, 3.05) is 13.1 Å². The molecule has 2 heteroatoms. The highest BCUT2D eigenvalue weighted by Gasteiger charge is 2.38. The van der Waals surface area contributed by atoms with Crippen LogP contribution in [0.25, 0.3) is 0 Å². The van der Waals surface area contributed by atoms with E-state index in [-0.39, 0.29) is 5.54 Å². The van der Waals surface area contributed by atoms with Crippen molar-refractivity contribution in [1.29, 1.82) is 5.26 Å². The van der Waals surface area contributed by atoms with Crippen molar-refractivity contribution in [2.24, 2.45) is 0 Å². The smallest absolute Gasteiger partial charge is 0.113 e. The molecule has 0 saturated heterocycles. The first kappa shape index (κ1) is 12.1. The van der Waals surface area contributed by atoms with Gasteiger partial charge in [0.2, 0.25) is 0 Å². The van der Waals surface area contributed by atoms with Crippen LogP contribution in [-0.4, -0.2) is 23.5 Å². The van der Waals surface area contributed by atoms with Crippen molar-refractivity contribution in [3.63, 3.8) is 0 Å². The average Bonchev–Trinajstić information content (AvgIpc) is 2.40. The topological polar surface area (TPSA) is 27.0 Å². The lowest BCUT2D eigenvalue weighted by atomic mass is 9.77. The summed E-state index contributed by atoms with van der Waals surface area (Å²) in [5.41, 5.74) is 2.50. The van der Waals surface area contributed by atoms with Crippen LogP contribution in [-0.2, 0) is 12.8 Å². The van der Waals surface area contributed by atoms with Gasteiger partial charge in [-0.1, -0.05) is 38.1 Å². The third-order valence-corrected chi connectivity index (χ3v) is 3.99. The second kappa shape index (κ2) is 4.89. The minimum Gasteiger partial charge on any atom is -0.286 e. The molecule has 1 unspecified atom stereocenters. The number of fused-ring (bicyclic) bond motifs is 1. The predicted octanol–water partition coefficient (Wildman–Crippen LogP) is 2.78. The average molecular weight is 228 g/mol. The molecule has 0 amide bonds. The van der Waals surface area contributed by atoms with Crippen LogP contribution in [0.2, 0.25) is 0 Å². The second-order valence-corrected chi connectivity index (χ2v) is 4.76. The monoisotopic (exact) mass is 228 g/mol. The predicted molar refractivity (Wildman–Crippen MR) is 69.7 cm³/mol. The quantitative estimate of drug-likeness (QED) is 0.795. The molecule has 0 aliphatic heterocycles. The summed E-state index contributed by atoms with van der Waals surface area (Å²) in [5, 5.41) is 9.61. The Labute approximate surface area is 104 Å². The third-order valence-electron chi connectivity index (χ3n) is 3.99. The molecule has 2 rings (SSSR count). The van der Waals surface area contributed by atoms with Crippen LogP contribution in [0.3, 0.4) is 0 Å². The van der Waals surface area contributed by atoms with Crippen molar-refractivity contribution in [3.05, 3.63) is 35.4 Å². The Balaban J connectivity index is 2.33. The van der Waals surface area contributed by atoms with Crippen molar-refractivity contribution in [2.45, 2.75) is 38.6 Å². The maximum absolute atomic E-state index is 9.61. The summed E-state index contributed by atoms with van der Waals surface area (Å²) in [5.74, 6) is 0. The largest absolute Gasteiger partial charge is 0.286 e. The molecule has 0 heterocycles. The number of hydrogen-bond donors (Lipinski definition) is 0. The fourth-order valence-electron chi connectivity index (χ4n) is 2.98. The number of aryl methyl sites for hydroxylation is 1. The maximum Gasteiger partial charge on any atom is 0.113 e. The van der Waals surface area contributed by atoms with E-state index in [2.05, 4.69) is 49.1 Å². The molecule has 1 aromatic rings. The van der Waals surface area contributed by atoms with Gasteiger partial charge in [0.25, 0.3) is 0 Å². The molecular weight excluding hydrogens is 208 g/mol. The minimum absolute atomic E-state index is 0.280. The van der Waals surface area contributed by atoms with Crippen LogP contribution < -0.4 is 0 Å². The fourth-order valence-corrected chi connectivity index (χ4v) is 2.98. The zero-order valence-corrected chi connectivity index (χ0v) is 10.7. The third kappa shape index (κ3) is 2.08. The van der Waals surface area contributed by atoms with Gasteiger partial charge in [0.1, 0.15) is 5.54 Å². The fraction of sp³-hybridized carbons (Fsp3) is 0.533. The second-order valence-electron chi connectivity index (χ2n) is 4.76. The van der Waals surface area contributed by atoms with E-state index in [1.165, 1.54) is 11.1 Å². The molecule has 1 aromatic carbocycles. The lowest BCUT2D eigenvalue weighted by Gasteiger charge is -2.41. The molecule has 0 spiro atoms. The normalized spacial score (nSPS) is 23.2. The number of hydrogen-bond acceptors (Lipinski definition) is 2. The van der Waals surface area contributed by atoms with Crippen molar-refractivity contribution in [3.8, 4) is 6.07 Å². The summed E-state index contributed by atoms with van der Waals surface area (Å²) in [6.45, 7) is 6.19.